The van der Waals surface area contributed by atoms with Crippen molar-refractivity contribution in [2.24, 2.45) is 0 Å². The van der Waals surface area contributed by atoms with Gasteiger partial charge in [-0.3, -0.25) is 0 Å². The Balaban J connectivity index is 1.48. The molecule has 6 nitrogen and oxygen atoms in total. The number of imidazole rings is 1. The Labute approximate surface area is 217 Å². The fourth-order valence-corrected chi connectivity index (χ4v) is 5.04. The zero-order valence-corrected chi connectivity index (χ0v) is 21.3. The maximum atomic E-state index is 11.6. The summed E-state index contributed by atoms with van der Waals surface area (Å²) in [5.74, 6) is 2.83. The summed E-state index contributed by atoms with van der Waals surface area (Å²) in [6.45, 7) is 4.02. The van der Waals surface area contributed by atoms with Gasteiger partial charge in [-0.1, -0.05) is 38.3 Å². The van der Waals surface area contributed by atoms with Crippen molar-refractivity contribution < 1.29 is 19.4 Å². The minimum absolute atomic E-state index is 0.251. The minimum atomic E-state index is -0.943. The average molecular weight is 497 g/mol. The third kappa shape index (κ3) is 5.24. The van der Waals surface area contributed by atoms with Crippen molar-refractivity contribution in [3.63, 3.8) is 0 Å². The number of fused-ring (bicyclic) bond motifs is 1. The molecule has 190 valence electrons. The van der Waals surface area contributed by atoms with Gasteiger partial charge in [-0.05, 0) is 80.4 Å². The van der Waals surface area contributed by atoms with Gasteiger partial charge in [0.05, 0.1) is 22.4 Å². The number of carbonyl (C=O) groups is 1. The van der Waals surface area contributed by atoms with Crippen molar-refractivity contribution in [3.8, 4) is 28.6 Å². The highest BCUT2D eigenvalue weighted by Gasteiger charge is 2.23. The molecule has 0 radical (unpaired) electrons. The highest BCUT2D eigenvalue weighted by atomic mass is 16.5. The van der Waals surface area contributed by atoms with E-state index in [1.165, 1.54) is 19.3 Å². The molecule has 1 aliphatic rings. The Morgan fingerprint density at radius 1 is 1.03 bits per heavy atom. The van der Waals surface area contributed by atoms with E-state index in [1.807, 2.05) is 67.6 Å². The first-order valence-electron chi connectivity index (χ1n) is 13.0. The third-order valence-electron chi connectivity index (χ3n) is 6.98. The van der Waals surface area contributed by atoms with Gasteiger partial charge in [-0.2, -0.15) is 0 Å². The number of hydrogen-bond donors (Lipinski definition) is 1. The fraction of sp³-hybridized carbons (Fsp3) is 0.290. The predicted octanol–water partition coefficient (Wildman–Crippen LogP) is 8.39. The predicted molar refractivity (Wildman–Crippen MR) is 145 cm³/mol. The van der Waals surface area contributed by atoms with E-state index in [-0.39, 0.29) is 5.56 Å². The average Bonchev–Trinajstić information content (AvgIpc) is 3.32. The normalized spacial score (nSPS) is 14.6. The number of allylic oxidation sites excluding steroid dienone is 2. The Morgan fingerprint density at radius 2 is 1.76 bits per heavy atom. The van der Waals surface area contributed by atoms with Crippen molar-refractivity contribution in [1.29, 1.82) is 0 Å². The summed E-state index contributed by atoms with van der Waals surface area (Å²) in [7, 11) is 0. The van der Waals surface area contributed by atoms with E-state index < -0.39 is 5.97 Å². The van der Waals surface area contributed by atoms with E-state index in [1.54, 1.807) is 12.1 Å². The van der Waals surface area contributed by atoms with Crippen LogP contribution in [0.4, 0.5) is 0 Å². The van der Waals surface area contributed by atoms with Gasteiger partial charge in [0.25, 0.3) is 0 Å². The third-order valence-corrected chi connectivity index (χ3v) is 6.98. The lowest BCUT2D eigenvalue weighted by molar-refractivity contribution is 0.0697. The maximum Gasteiger partial charge on any atom is 0.335 e. The molecule has 1 saturated carbocycles. The van der Waals surface area contributed by atoms with Gasteiger partial charge in [-0.25, -0.2) is 9.78 Å². The Morgan fingerprint density at radius 3 is 2.43 bits per heavy atom. The van der Waals surface area contributed by atoms with Crippen molar-refractivity contribution in [3.05, 3.63) is 84.1 Å². The van der Waals surface area contributed by atoms with Gasteiger partial charge in [0.15, 0.2) is 11.5 Å². The van der Waals surface area contributed by atoms with Crippen LogP contribution in [0.15, 0.2) is 78.6 Å². The molecule has 0 unspecified atom stereocenters. The van der Waals surface area contributed by atoms with Crippen molar-refractivity contribution in [2.45, 2.75) is 58.4 Å². The number of carboxylic acid groups (broad SMARTS) is 1. The number of carboxylic acids is 1. The lowest BCUT2D eigenvalue weighted by atomic mass is 9.95. The van der Waals surface area contributed by atoms with Crippen LogP contribution in [0, 0.1) is 0 Å². The highest BCUT2D eigenvalue weighted by molar-refractivity contribution is 5.93. The van der Waals surface area contributed by atoms with Crippen LogP contribution < -0.4 is 9.47 Å². The molecule has 1 fully saturated rings. The second kappa shape index (κ2) is 10.9. The highest BCUT2D eigenvalue weighted by Crippen LogP contribution is 2.38. The minimum Gasteiger partial charge on any atom is -0.478 e. The summed E-state index contributed by atoms with van der Waals surface area (Å²) in [6, 6.07) is 21.2. The molecule has 0 aliphatic heterocycles. The molecule has 0 saturated heterocycles. The van der Waals surface area contributed by atoms with Gasteiger partial charge in [0, 0.05) is 18.0 Å². The van der Waals surface area contributed by atoms with Gasteiger partial charge in [0.1, 0.15) is 11.6 Å². The summed E-state index contributed by atoms with van der Waals surface area (Å²) in [5, 5.41) is 9.47. The van der Waals surface area contributed by atoms with Crippen molar-refractivity contribution in [1.82, 2.24) is 9.55 Å². The lowest BCUT2D eigenvalue weighted by Crippen LogP contribution is -2.14. The zero-order chi connectivity index (χ0) is 25.8. The second-order valence-corrected chi connectivity index (χ2v) is 9.39. The maximum absolute atomic E-state index is 11.6. The number of aromatic carboxylic acids is 1. The monoisotopic (exact) mass is 496 g/mol. The molecular formula is C31H32N2O4. The number of nitrogens with zero attached hydrogens (tertiary/aromatic N) is 2. The molecule has 1 N–H and O–H groups in total. The topological polar surface area (TPSA) is 73.6 Å². The SMILES string of the molecule is CC=C(CC)Oc1ccccc1Oc1ccc(-c2nc3cc(C(=O)O)ccc3n2C2CCCCC2)cc1. The summed E-state index contributed by atoms with van der Waals surface area (Å²) < 4.78 is 14.5. The van der Waals surface area contributed by atoms with Crippen LogP contribution in [0.5, 0.6) is 17.2 Å². The number of rotatable bonds is 8. The summed E-state index contributed by atoms with van der Waals surface area (Å²) >= 11 is 0. The molecule has 0 atom stereocenters. The van der Waals surface area contributed by atoms with Gasteiger partial charge in [-0.15, -0.1) is 0 Å². The number of ether oxygens (including phenoxy) is 2. The van der Waals surface area contributed by atoms with E-state index in [0.29, 0.717) is 28.8 Å². The summed E-state index contributed by atoms with van der Waals surface area (Å²) in [5.41, 5.74) is 2.91. The van der Waals surface area contributed by atoms with Crippen LogP contribution in [-0.2, 0) is 0 Å². The fourth-order valence-electron chi connectivity index (χ4n) is 5.04. The van der Waals surface area contributed by atoms with Gasteiger partial charge in [0.2, 0.25) is 0 Å². The first-order valence-corrected chi connectivity index (χ1v) is 13.0. The molecule has 5 rings (SSSR count). The van der Waals surface area contributed by atoms with Crippen LogP contribution in [-0.4, -0.2) is 20.6 Å². The molecular weight excluding hydrogens is 464 g/mol. The van der Waals surface area contributed by atoms with E-state index >= 15 is 0 Å². The van der Waals surface area contributed by atoms with Crippen LogP contribution in [0.25, 0.3) is 22.4 Å². The quantitative estimate of drug-likeness (QED) is 0.248. The van der Waals surface area contributed by atoms with E-state index in [2.05, 4.69) is 11.5 Å². The van der Waals surface area contributed by atoms with Crippen LogP contribution in [0.2, 0.25) is 0 Å². The van der Waals surface area contributed by atoms with Crippen LogP contribution >= 0.6 is 0 Å². The van der Waals surface area contributed by atoms with Crippen molar-refractivity contribution in [2.75, 3.05) is 0 Å². The van der Waals surface area contributed by atoms with Crippen LogP contribution in [0.3, 0.4) is 0 Å². The molecule has 0 bridgehead atoms. The number of benzene rings is 3. The number of hydrogen-bond acceptors (Lipinski definition) is 4. The van der Waals surface area contributed by atoms with E-state index in [0.717, 1.165) is 41.9 Å². The molecule has 4 aromatic rings. The molecule has 1 aliphatic carbocycles. The summed E-state index contributed by atoms with van der Waals surface area (Å²) in [4.78, 5) is 16.5. The van der Waals surface area contributed by atoms with Gasteiger partial charge >= 0.3 is 5.97 Å². The Hall–Kier alpha value is -4.06. The summed E-state index contributed by atoms with van der Waals surface area (Å²) in [6.07, 6.45) is 8.61. The zero-order valence-electron chi connectivity index (χ0n) is 21.3. The number of aromatic nitrogens is 2. The number of para-hydroxylation sites is 2. The van der Waals surface area contributed by atoms with Gasteiger partial charge < -0.3 is 19.1 Å². The molecule has 0 amide bonds. The smallest absolute Gasteiger partial charge is 0.335 e. The Bertz CT molecular complexity index is 1430. The molecule has 3 aromatic carbocycles. The second-order valence-electron chi connectivity index (χ2n) is 9.39. The molecule has 37 heavy (non-hydrogen) atoms. The molecule has 6 heteroatoms. The first kappa shape index (κ1) is 24.6. The van der Waals surface area contributed by atoms with E-state index in [4.69, 9.17) is 14.5 Å². The molecule has 1 heterocycles. The Kier molecular flexibility index (Phi) is 7.26. The first-order chi connectivity index (χ1) is 18.1. The van der Waals surface area contributed by atoms with E-state index in [9.17, 15) is 9.90 Å². The molecule has 0 spiro atoms. The largest absolute Gasteiger partial charge is 0.478 e. The van der Waals surface area contributed by atoms with Crippen LogP contribution in [0.1, 0.15) is 68.8 Å². The molecule has 1 aromatic heterocycles. The standard InChI is InChI=1S/C31H32N2O4/c1-3-24(4-2)36-28-12-8-9-13-29(28)37-25-17-14-21(15-18-25)30-32-26-20-22(31(34)35)16-19-27(26)33(30)23-10-6-5-7-11-23/h3,8-9,12-20,23H,4-7,10-11H2,1-2H3,(H,34,35). The lowest BCUT2D eigenvalue weighted by Gasteiger charge is -2.25. The van der Waals surface area contributed by atoms with Crippen molar-refractivity contribution >= 4 is 17.0 Å².